The number of ether oxygens (including phenoxy) is 1. The molecule has 1 fully saturated rings. The second-order valence-corrected chi connectivity index (χ2v) is 7.84. The van der Waals surface area contributed by atoms with Crippen LogP contribution in [-0.4, -0.2) is 92.4 Å². The second kappa shape index (κ2) is 21.6. The van der Waals surface area contributed by atoms with Gasteiger partial charge in [0.1, 0.15) is 18.8 Å². The number of nitrogens with two attached hydrogens (primary N) is 4. The van der Waals surface area contributed by atoms with E-state index in [4.69, 9.17) is 16.2 Å². The van der Waals surface area contributed by atoms with E-state index in [0.717, 1.165) is 0 Å². The lowest BCUT2D eigenvalue weighted by Crippen LogP contribution is -2.38. The van der Waals surface area contributed by atoms with Gasteiger partial charge >= 0.3 is 12.1 Å². The Morgan fingerprint density at radius 1 is 0.842 bits per heavy atom. The van der Waals surface area contributed by atoms with Gasteiger partial charge in [0.2, 0.25) is 11.8 Å². The number of amides is 5. The molecule has 0 bridgehead atoms. The number of hydroxylamine groups is 3. The molecule has 38 heavy (non-hydrogen) atoms. The zero-order valence-corrected chi connectivity index (χ0v) is 21.6. The average molecular weight is 555 g/mol. The lowest BCUT2D eigenvalue weighted by atomic mass is 10.2. The van der Waals surface area contributed by atoms with E-state index in [9.17, 15) is 28.8 Å². The normalized spacial score (nSPS) is 12.3. The van der Waals surface area contributed by atoms with Gasteiger partial charge in [-0.15, -0.1) is 5.06 Å². The van der Waals surface area contributed by atoms with Crippen LogP contribution in [0.5, 0.6) is 0 Å². The fourth-order valence-corrected chi connectivity index (χ4v) is 1.90. The summed E-state index contributed by atoms with van der Waals surface area (Å²) in [4.78, 5) is 83.4. The maximum Gasteiger partial charge on any atom is 0.431 e. The number of hydrogen-bond acceptors (Lipinski definition) is 15. The third kappa shape index (κ3) is 21.8. The average Bonchev–Trinajstić information content (AvgIpc) is 3.13. The van der Waals surface area contributed by atoms with Crippen LogP contribution in [0.2, 0.25) is 0 Å². The lowest BCUT2D eigenvalue weighted by Gasteiger charge is -2.19. The Balaban J connectivity index is 0. The van der Waals surface area contributed by atoms with E-state index in [1.807, 2.05) is 5.48 Å². The van der Waals surface area contributed by atoms with Gasteiger partial charge in [0, 0.05) is 39.0 Å². The summed E-state index contributed by atoms with van der Waals surface area (Å²) in [6.45, 7) is 5.66. The van der Waals surface area contributed by atoms with Crippen molar-refractivity contribution in [3.05, 3.63) is 0 Å². The van der Waals surface area contributed by atoms with Crippen LogP contribution < -0.4 is 39.4 Å². The summed E-state index contributed by atoms with van der Waals surface area (Å²) in [6.07, 6.45) is -0.870. The molecular formula is C19H38N8O11. The van der Waals surface area contributed by atoms with Crippen molar-refractivity contribution in [3.63, 3.8) is 0 Å². The van der Waals surface area contributed by atoms with Crippen molar-refractivity contribution >= 4 is 35.7 Å². The summed E-state index contributed by atoms with van der Waals surface area (Å²) in [7, 11) is 0. The molecule has 0 atom stereocenters. The summed E-state index contributed by atoms with van der Waals surface area (Å²) in [5, 5.41) is 5.29. The van der Waals surface area contributed by atoms with Gasteiger partial charge in [0.15, 0.2) is 6.61 Å². The molecule has 220 valence electrons. The summed E-state index contributed by atoms with van der Waals surface area (Å²) in [6, 6.07) is 0. The maximum absolute atomic E-state index is 11.3. The molecule has 0 radical (unpaired) electrons. The lowest BCUT2D eigenvalue weighted by molar-refractivity contribution is -0.201. The second-order valence-electron chi connectivity index (χ2n) is 7.84. The summed E-state index contributed by atoms with van der Waals surface area (Å²) in [5.74, 6) is 6.44. The Kier molecular flexibility index (Phi) is 20.9. The monoisotopic (exact) mass is 554 g/mol. The Morgan fingerprint density at radius 3 is 1.66 bits per heavy atom. The van der Waals surface area contributed by atoms with Crippen LogP contribution in [0.15, 0.2) is 0 Å². The van der Waals surface area contributed by atoms with Gasteiger partial charge in [0.05, 0.1) is 0 Å². The van der Waals surface area contributed by atoms with Crippen molar-refractivity contribution in [3.8, 4) is 0 Å². The molecule has 0 aliphatic carbocycles. The number of imide groups is 1. The molecule has 19 nitrogen and oxygen atoms in total. The standard InChI is InChI=1S/C11H16N2O7.C6H14N4O4.C2H8N2/c1-11(2,3)19-10(17)12-18-6-9(16)20-13-7(14)4-5-8(13)15;7-13-3-5(11)9-1-2-10-6(12)4-14-8;3-1-2-4/h4-6H2,1-3H3,(H,12,17);1-4,7-8H2,(H,9,11)(H,10,12);1-4H2. The van der Waals surface area contributed by atoms with Gasteiger partial charge in [-0.1, -0.05) is 0 Å². The summed E-state index contributed by atoms with van der Waals surface area (Å²) < 4.78 is 4.84. The molecule has 1 aliphatic rings. The minimum absolute atomic E-state index is 0.00310. The highest BCUT2D eigenvalue weighted by Gasteiger charge is 2.32. The van der Waals surface area contributed by atoms with Crippen molar-refractivity contribution in [1.29, 1.82) is 0 Å². The number of nitrogens with zero attached hydrogens (tertiary/aromatic N) is 1. The van der Waals surface area contributed by atoms with Crippen LogP contribution in [0.25, 0.3) is 0 Å². The smallest absolute Gasteiger partial charge is 0.431 e. The van der Waals surface area contributed by atoms with Crippen LogP contribution in [0.3, 0.4) is 0 Å². The van der Waals surface area contributed by atoms with E-state index in [0.29, 0.717) is 31.2 Å². The molecule has 19 heteroatoms. The number of rotatable bonds is 12. The molecule has 1 heterocycles. The Morgan fingerprint density at radius 2 is 1.29 bits per heavy atom. The molecule has 0 aromatic carbocycles. The van der Waals surface area contributed by atoms with E-state index in [1.165, 1.54) is 0 Å². The van der Waals surface area contributed by atoms with E-state index in [-0.39, 0.29) is 37.9 Å². The SMILES string of the molecule is CC(C)(C)OC(=O)NOCC(=O)ON1C(=O)CCC1=O.NCCN.NOCC(=O)NCCNC(=O)CON. The zero-order valence-electron chi connectivity index (χ0n) is 21.6. The molecule has 0 saturated carbocycles. The van der Waals surface area contributed by atoms with Gasteiger partial charge < -0.3 is 31.7 Å². The molecule has 0 spiro atoms. The van der Waals surface area contributed by atoms with E-state index in [1.54, 1.807) is 20.8 Å². The van der Waals surface area contributed by atoms with E-state index < -0.39 is 36.1 Å². The number of hydrogen-bond donors (Lipinski definition) is 7. The molecule has 1 aliphatic heterocycles. The molecule has 1 saturated heterocycles. The Hall–Kier alpha value is -3.46. The predicted octanol–water partition coefficient (Wildman–Crippen LogP) is -4.05. The van der Waals surface area contributed by atoms with Gasteiger partial charge in [-0.05, 0) is 20.8 Å². The molecule has 0 unspecified atom stereocenters. The Bertz CT molecular complexity index is 723. The van der Waals surface area contributed by atoms with Crippen LogP contribution in [0, 0.1) is 0 Å². The first-order valence-corrected chi connectivity index (χ1v) is 11.0. The van der Waals surface area contributed by atoms with Crippen molar-refractivity contribution in [2.45, 2.75) is 39.2 Å². The van der Waals surface area contributed by atoms with Crippen LogP contribution in [0.1, 0.15) is 33.6 Å². The summed E-state index contributed by atoms with van der Waals surface area (Å²) >= 11 is 0. The number of nitrogens with one attached hydrogen (secondary N) is 3. The van der Waals surface area contributed by atoms with Gasteiger partial charge in [-0.25, -0.2) is 21.4 Å². The maximum atomic E-state index is 11.3. The highest BCUT2D eigenvalue weighted by Crippen LogP contribution is 2.12. The van der Waals surface area contributed by atoms with Crippen molar-refractivity contribution < 1.29 is 52.9 Å². The summed E-state index contributed by atoms with van der Waals surface area (Å²) in [5.41, 5.74) is 11.0. The minimum atomic E-state index is -0.996. The van der Waals surface area contributed by atoms with Crippen molar-refractivity contribution in [2.24, 2.45) is 23.3 Å². The first-order valence-electron chi connectivity index (χ1n) is 11.0. The predicted molar refractivity (Wildman–Crippen MR) is 127 cm³/mol. The van der Waals surface area contributed by atoms with Gasteiger partial charge in [-0.3, -0.25) is 33.7 Å². The largest absolute Gasteiger partial charge is 0.442 e. The topological polar surface area (TPSA) is 292 Å². The number of carbonyl (C=O) groups excluding carboxylic acids is 6. The van der Waals surface area contributed by atoms with Crippen LogP contribution >= 0.6 is 0 Å². The van der Waals surface area contributed by atoms with Crippen molar-refractivity contribution in [2.75, 3.05) is 46.0 Å². The van der Waals surface area contributed by atoms with Crippen molar-refractivity contribution in [1.82, 2.24) is 21.2 Å². The van der Waals surface area contributed by atoms with Crippen LogP contribution in [-0.2, 0) is 48.1 Å². The Labute approximate surface area is 218 Å². The molecular weight excluding hydrogens is 516 g/mol. The highest BCUT2D eigenvalue weighted by atomic mass is 16.8. The fraction of sp³-hybridized carbons (Fsp3) is 0.684. The first kappa shape index (κ1) is 36.7. The quantitative estimate of drug-likeness (QED) is 0.0686. The van der Waals surface area contributed by atoms with Gasteiger partial charge in [-0.2, -0.15) is 5.48 Å². The van der Waals surface area contributed by atoms with Gasteiger partial charge in [0.25, 0.3) is 11.8 Å². The molecule has 5 amide bonds. The molecule has 0 aromatic rings. The molecule has 1 rings (SSSR count). The third-order valence-electron chi connectivity index (χ3n) is 3.31. The fourth-order valence-electron chi connectivity index (χ4n) is 1.90. The van der Waals surface area contributed by atoms with Crippen LogP contribution in [0.4, 0.5) is 4.79 Å². The first-order chi connectivity index (χ1) is 17.8. The molecule has 0 aromatic heterocycles. The minimum Gasteiger partial charge on any atom is -0.442 e. The van der Waals surface area contributed by atoms with E-state index in [2.05, 4.69) is 41.8 Å². The number of carbonyl (C=O) groups is 6. The zero-order chi connectivity index (χ0) is 29.6. The highest BCUT2D eigenvalue weighted by molar-refractivity contribution is 6.01. The third-order valence-corrected chi connectivity index (χ3v) is 3.31. The van der Waals surface area contributed by atoms with E-state index >= 15 is 0 Å². The molecule has 11 N–H and O–H groups in total.